The molecule has 0 aromatic rings. The van der Waals surface area contributed by atoms with Crippen LogP contribution in [-0.4, -0.2) is 115 Å². The highest BCUT2D eigenvalue weighted by Crippen LogP contribution is 2.46. The summed E-state index contributed by atoms with van der Waals surface area (Å²) in [5.41, 5.74) is -0.0177. The van der Waals surface area contributed by atoms with Crippen LogP contribution < -0.4 is 0 Å². The van der Waals surface area contributed by atoms with Crippen molar-refractivity contribution in [2.75, 3.05) is 27.4 Å². The van der Waals surface area contributed by atoms with E-state index >= 15 is 0 Å². The highest BCUT2D eigenvalue weighted by atomic mass is 16.8. The number of rotatable bonds is 9. The summed E-state index contributed by atoms with van der Waals surface area (Å²) in [4.78, 5) is 50.6. The second-order valence-electron chi connectivity index (χ2n) is 11.1. The average molecular weight is 615 g/mol. The fraction of sp³-hybridized carbons (Fsp3) is 0.714. The molecule has 0 aromatic carbocycles. The Balaban J connectivity index is 1.49. The summed E-state index contributed by atoms with van der Waals surface area (Å²) in [5, 5.41) is 40.1. The number of esters is 4. The van der Waals surface area contributed by atoms with Gasteiger partial charge in [-0.05, 0) is 18.3 Å². The molecule has 3 fully saturated rings. The quantitative estimate of drug-likeness (QED) is 0.101. The summed E-state index contributed by atoms with van der Waals surface area (Å²) >= 11 is 0. The first kappa shape index (κ1) is 32.8. The van der Waals surface area contributed by atoms with Crippen molar-refractivity contribution >= 4 is 23.9 Å². The minimum atomic E-state index is -1.72. The molecule has 15 heteroatoms. The molecule has 43 heavy (non-hydrogen) atoms. The van der Waals surface area contributed by atoms with E-state index in [0.717, 1.165) is 13.4 Å². The van der Waals surface area contributed by atoms with E-state index < -0.39 is 97.3 Å². The molecular weight excluding hydrogens is 576 g/mol. The fourth-order valence-electron chi connectivity index (χ4n) is 6.36. The second-order valence-corrected chi connectivity index (χ2v) is 11.1. The lowest BCUT2D eigenvalue weighted by Gasteiger charge is -2.43. The Morgan fingerprint density at radius 2 is 1.79 bits per heavy atom. The maximum Gasteiger partial charge on any atom is 0.337 e. The van der Waals surface area contributed by atoms with Gasteiger partial charge in [0.05, 0.1) is 45.7 Å². The van der Waals surface area contributed by atoms with Crippen LogP contribution in [0.4, 0.5) is 0 Å². The molecule has 1 aliphatic carbocycles. The molecule has 4 aliphatic rings. The number of carbonyl (C=O) groups excluding carboxylic acids is 4. The molecule has 0 radical (unpaired) electrons. The van der Waals surface area contributed by atoms with Gasteiger partial charge in [0.15, 0.2) is 12.2 Å². The molecule has 3 aliphatic heterocycles. The molecule has 240 valence electrons. The highest BCUT2D eigenvalue weighted by molar-refractivity contribution is 5.95. The van der Waals surface area contributed by atoms with Crippen LogP contribution in [0.2, 0.25) is 0 Å². The Morgan fingerprint density at radius 3 is 2.42 bits per heavy atom. The molecule has 1 saturated carbocycles. The van der Waals surface area contributed by atoms with E-state index in [1.54, 1.807) is 0 Å². The van der Waals surface area contributed by atoms with Crippen LogP contribution >= 0.6 is 0 Å². The molecule has 0 bridgehead atoms. The zero-order valence-electron chi connectivity index (χ0n) is 24.0. The number of cyclic esters (lactones) is 1. The van der Waals surface area contributed by atoms with Crippen molar-refractivity contribution in [3.63, 3.8) is 0 Å². The first-order chi connectivity index (χ1) is 20.5. The maximum absolute atomic E-state index is 13.3. The van der Waals surface area contributed by atoms with Gasteiger partial charge in [-0.25, -0.2) is 4.79 Å². The maximum atomic E-state index is 13.3. The predicted octanol–water partition coefficient (Wildman–Crippen LogP) is -1.45. The molecule has 13 unspecified atom stereocenters. The molecule has 0 spiro atoms. The lowest BCUT2D eigenvalue weighted by Crippen LogP contribution is -2.60. The van der Waals surface area contributed by atoms with E-state index in [1.165, 1.54) is 13.2 Å². The van der Waals surface area contributed by atoms with Crippen molar-refractivity contribution in [2.45, 2.75) is 62.9 Å². The van der Waals surface area contributed by atoms with Crippen molar-refractivity contribution in [2.24, 2.45) is 35.5 Å². The number of ether oxygens (including phenoxy) is 7. The Kier molecular flexibility index (Phi) is 10.5. The third-order valence-corrected chi connectivity index (χ3v) is 8.86. The molecule has 0 amide bonds. The van der Waals surface area contributed by atoms with Gasteiger partial charge in [-0.2, -0.15) is 0 Å². The molecule has 4 rings (SSSR count). The minimum absolute atomic E-state index is 0.0177. The van der Waals surface area contributed by atoms with E-state index in [2.05, 4.69) is 6.58 Å². The Bertz CT molecular complexity index is 1100. The standard InChI is InChI=1S/C28H38O15/c1-5-12-13(7-19(30)41-17-6-14-15(11(17)2)9-39-26(36)20(14)25(35)38-4)16(24(34)37-3)10-40-27(12)43-28-23(33)22(32)21(31)18(8-29)42-28/h5,10-15,17-18,20-23,27-29,31-33H,1,6-9H2,2-4H3. The molecule has 0 aromatic heterocycles. The summed E-state index contributed by atoms with van der Waals surface area (Å²) in [5.74, 6) is -6.76. The van der Waals surface area contributed by atoms with Gasteiger partial charge in [-0.3, -0.25) is 14.4 Å². The van der Waals surface area contributed by atoms with Gasteiger partial charge in [0.1, 0.15) is 30.5 Å². The zero-order valence-corrected chi connectivity index (χ0v) is 24.0. The molecule has 4 N–H and O–H groups in total. The van der Waals surface area contributed by atoms with Crippen molar-refractivity contribution < 1.29 is 72.8 Å². The van der Waals surface area contributed by atoms with Crippen molar-refractivity contribution in [1.29, 1.82) is 0 Å². The molecule has 2 saturated heterocycles. The second kappa shape index (κ2) is 13.7. The number of hydrogen-bond acceptors (Lipinski definition) is 15. The van der Waals surface area contributed by atoms with Gasteiger partial charge in [0.2, 0.25) is 6.29 Å². The van der Waals surface area contributed by atoms with Gasteiger partial charge in [0, 0.05) is 17.8 Å². The SMILES string of the molecule is C=CC1C(OC2OC(CO)C(O)C(O)C2O)OC=C(C(=O)OC)C1CC(=O)OC1CC2C(C(=O)OC)C(=O)OCC2C1C. The number of carbonyl (C=O) groups is 4. The minimum Gasteiger partial charge on any atom is -0.471 e. The summed E-state index contributed by atoms with van der Waals surface area (Å²) in [6.07, 6.45) is -7.48. The molecular formula is C28H38O15. The number of fused-ring (bicyclic) bond motifs is 1. The van der Waals surface area contributed by atoms with E-state index in [-0.39, 0.29) is 36.9 Å². The Morgan fingerprint density at radius 1 is 1.07 bits per heavy atom. The van der Waals surface area contributed by atoms with Crippen molar-refractivity contribution in [3.05, 3.63) is 24.5 Å². The molecule has 15 nitrogen and oxygen atoms in total. The monoisotopic (exact) mass is 614 g/mol. The summed E-state index contributed by atoms with van der Waals surface area (Å²) in [7, 11) is 2.33. The molecule has 3 heterocycles. The lowest BCUT2D eigenvalue weighted by molar-refractivity contribution is -0.339. The zero-order chi connectivity index (χ0) is 31.6. The van der Waals surface area contributed by atoms with E-state index in [1.807, 2.05) is 6.92 Å². The van der Waals surface area contributed by atoms with E-state index in [4.69, 9.17) is 33.2 Å². The number of aliphatic hydroxyl groups excluding tert-OH is 4. The number of hydrogen-bond donors (Lipinski definition) is 4. The van der Waals surface area contributed by atoms with E-state index in [9.17, 15) is 39.6 Å². The van der Waals surface area contributed by atoms with Crippen LogP contribution in [0.5, 0.6) is 0 Å². The lowest BCUT2D eigenvalue weighted by atomic mass is 9.80. The first-order valence-electron chi connectivity index (χ1n) is 13.9. The largest absolute Gasteiger partial charge is 0.471 e. The van der Waals surface area contributed by atoms with Crippen LogP contribution in [0.25, 0.3) is 0 Å². The predicted molar refractivity (Wildman–Crippen MR) is 139 cm³/mol. The van der Waals surface area contributed by atoms with Gasteiger partial charge in [-0.1, -0.05) is 13.0 Å². The third kappa shape index (κ3) is 6.42. The summed E-state index contributed by atoms with van der Waals surface area (Å²) in [6.45, 7) is 5.01. The van der Waals surface area contributed by atoms with Crippen LogP contribution in [-0.2, 0) is 52.3 Å². The van der Waals surface area contributed by atoms with Crippen LogP contribution in [0.15, 0.2) is 24.5 Å². The van der Waals surface area contributed by atoms with Crippen molar-refractivity contribution in [3.8, 4) is 0 Å². The smallest absolute Gasteiger partial charge is 0.337 e. The topological polar surface area (TPSA) is 214 Å². The normalized spacial score (nSPS) is 40.7. The number of methoxy groups -OCH3 is 2. The highest BCUT2D eigenvalue weighted by Gasteiger charge is 2.55. The van der Waals surface area contributed by atoms with Gasteiger partial charge >= 0.3 is 23.9 Å². The van der Waals surface area contributed by atoms with Gasteiger partial charge < -0.3 is 53.6 Å². The average Bonchev–Trinajstić information content (AvgIpc) is 3.30. The van der Waals surface area contributed by atoms with Crippen LogP contribution in [0.1, 0.15) is 19.8 Å². The van der Waals surface area contributed by atoms with Crippen LogP contribution in [0.3, 0.4) is 0 Å². The van der Waals surface area contributed by atoms with E-state index in [0.29, 0.717) is 0 Å². The van der Waals surface area contributed by atoms with Crippen molar-refractivity contribution in [1.82, 2.24) is 0 Å². The first-order valence-corrected chi connectivity index (χ1v) is 13.9. The van der Waals surface area contributed by atoms with Crippen LogP contribution in [0, 0.1) is 35.5 Å². The summed E-state index contributed by atoms with van der Waals surface area (Å²) in [6, 6.07) is 0. The molecule has 13 atom stereocenters. The third-order valence-electron chi connectivity index (χ3n) is 8.86. The van der Waals surface area contributed by atoms with Gasteiger partial charge in [-0.15, -0.1) is 6.58 Å². The number of aliphatic hydroxyl groups is 4. The Labute approximate surface area is 247 Å². The Hall–Kier alpha value is -3.08. The van der Waals surface area contributed by atoms with Gasteiger partial charge in [0.25, 0.3) is 0 Å². The fourth-order valence-corrected chi connectivity index (χ4v) is 6.36. The summed E-state index contributed by atoms with van der Waals surface area (Å²) < 4.78 is 37.4.